The molecule has 1 aromatic rings. The lowest BCUT2D eigenvalue weighted by Gasteiger charge is -2.43. The van der Waals surface area contributed by atoms with E-state index in [1.54, 1.807) is 18.4 Å². The summed E-state index contributed by atoms with van der Waals surface area (Å²) >= 11 is 1.70. The Bertz CT molecular complexity index is 356. The van der Waals surface area contributed by atoms with Crippen molar-refractivity contribution in [2.45, 2.75) is 45.1 Å². The molecule has 17 heavy (non-hydrogen) atoms. The van der Waals surface area contributed by atoms with Crippen LogP contribution in [0.4, 0.5) is 0 Å². The van der Waals surface area contributed by atoms with E-state index >= 15 is 0 Å². The Hall–Kier alpha value is -0.490. The van der Waals surface area contributed by atoms with Gasteiger partial charge in [0.25, 0.3) is 0 Å². The van der Waals surface area contributed by atoms with Crippen LogP contribution in [-0.4, -0.2) is 37.0 Å². The maximum atomic E-state index is 5.59. The van der Waals surface area contributed by atoms with Gasteiger partial charge in [0, 0.05) is 37.4 Å². The van der Waals surface area contributed by atoms with Crippen molar-refractivity contribution >= 4 is 11.3 Å². The first-order valence-electron chi connectivity index (χ1n) is 6.03. The molecule has 2 rings (SSSR count). The van der Waals surface area contributed by atoms with Crippen molar-refractivity contribution in [3.63, 3.8) is 0 Å². The molecule has 1 aromatic heterocycles. The van der Waals surface area contributed by atoms with E-state index in [0.717, 1.165) is 30.3 Å². The molecule has 96 valence electrons. The molecular weight excluding hydrogens is 236 g/mol. The molecule has 3 unspecified atom stereocenters. The van der Waals surface area contributed by atoms with Crippen molar-refractivity contribution in [2.75, 3.05) is 13.7 Å². The molecule has 0 amide bonds. The molecule has 0 bridgehead atoms. The van der Waals surface area contributed by atoms with E-state index in [4.69, 9.17) is 9.47 Å². The van der Waals surface area contributed by atoms with Gasteiger partial charge in [-0.15, -0.1) is 11.3 Å². The summed E-state index contributed by atoms with van der Waals surface area (Å²) in [4.78, 5) is 4.43. The minimum Gasteiger partial charge on any atom is -0.377 e. The Morgan fingerprint density at radius 2 is 2.41 bits per heavy atom. The van der Waals surface area contributed by atoms with Crippen molar-refractivity contribution in [2.24, 2.45) is 0 Å². The number of nitrogens with one attached hydrogen (secondary N) is 1. The van der Waals surface area contributed by atoms with E-state index in [-0.39, 0.29) is 12.2 Å². The van der Waals surface area contributed by atoms with Gasteiger partial charge < -0.3 is 14.8 Å². The molecule has 1 aliphatic rings. The smallest absolute Gasteiger partial charge is 0.107 e. The molecule has 0 spiro atoms. The standard InChI is InChI=1S/C12H20N2O2S/c1-4-16-10-5-9(12(10)15-3)13-6-11-14-8(2)7-17-11/h7,9-10,12-13H,4-6H2,1-3H3. The molecular formula is C12H20N2O2S. The van der Waals surface area contributed by atoms with Crippen LogP contribution in [0.2, 0.25) is 0 Å². The molecule has 4 nitrogen and oxygen atoms in total. The highest BCUT2D eigenvalue weighted by Gasteiger charge is 2.41. The van der Waals surface area contributed by atoms with Gasteiger partial charge in [0.05, 0.1) is 12.2 Å². The van der Waals surface area contributed by atoms with Gasteiger partial charge in [0.15, 0.2) is 0 Å². The maximum Gasteiger partial charge on any atom is 0.107 e. The molecule has 1 saturated carbocycles. The third kappa shape index (κ3) is 3.04. The molecule has 0 aliphatic heterocycles. The van der Waals surface area contributed by atoms with Crippen LogP contribution in [0.1, 0.15) is 24.0 Å². The normalized spacial score (nSPS) is 28.1. The van der Waals surface area contributed by atoms with E-state index in [1.807, 2.05) is 13.8 Å². The molecule has 0 radical (unpaired) electrons. The lowest BCUT2D eigenvalue weighted by Crippen LogP contribution is -2.59. The van der Waals surface area contributed by atoms with Gasteiger partial charge in [-0.1, -0.05) is 0 Å². The molecule has 3 atom stereocenters. The number of ether oxygens (including phenoxy) is 2. The highest BCUT2D eigenvalue weighted by molar-refractivity contribution is 7.09. The zero-order chi connectivity index (χ0) is 12.3. The van der Waals surface area contributed by atoms with Gasteiger partial charge in [0.2, 0.25) is 0 Å². The van der Waals surface area contributed by atoms with Crippen LogP contribution in [0.25, 0.3) is 0 Å². The summed E-state index contributed by atoms with van der Waals surface area (Å²) in [6, 6.07) is 0.390. The van der Waals surface area contributed by atoms with E-state index in [9.17, 15) is 0 Å². The van der Waals surface area contributed by atoms with Crippen LogP contribution in [0.15, 0.2) is 5.38 Å². The number of hydrogen-bond acceptors (Lipinski definition) is 5. The summed E-state index contributed by atoms with van der Waals surface area (Å²) < 4.78 is 11.0. The quantitative estimate of drug-likeness (QED) is 0.842. The van der Waals surface area contributed by atoms with Gasteiger partial charge >= 0.3 is 0 Å². The summed E-state index contributed by atoms with van der Waals surface area (Å²) in [5, 5.41) is 6.70. The summed E-state index contributed by atoms with van der Waals surface area (Å²) in [7, 11) is 1.75. The first-order chi connectivity index (χ1) is 8.24. The highest BCUT2D eigenvalue weighted by Crippen LogP contribution is 2.27. The molecule has 0 aromatic carbocycles. The third-order valence-electron chi connectivity index (χ3n) is 3.08. The van der Waals surface area contributed by atoms with Crippen molar-refractivity contribution in [3.8, 4) is 0 Å². The fourth-order valence-electron chi connectivity index (χ4n) is 2.18. The molecule has 1 fully saturated rings. The largest absolute Gasteiger partial charge is 0.377 e. The second-order valence-corrected chi connectivity index (χ2v) is 5.24. The number of methoxy groups -OCH3 is 1. The number of rotatable bonds is 6. The van der Waals surface area contributed by atoms with Crippen LogP contribution >= 0.6 is 11.3 Å². The van der Waals surface area contributed by atoms with Gasteiger partial charge in [-0.3, -0.25) is 0 Å². The van der Waals surface area contributed by atoms with E-state index in [1.165, 1.54) is 0 Å². The van der Waals surface area contributed by atoms with Crippen molar-refractivity contribution in [1.82, 2.24) is 10.3 Å². The average molecular weight is 256 g/mol. The molecule has 1 heterocycles. The zero-order valence-electron chi connectivity index (χ0n) is 10.6. The Kier molecular flexibility index (Phi) is 4.50. The Labute approximate surface area is 106 Å². The third-order valence-corrected chi connectivity index (χ3v) is 4.05. The SMILES string of the molecule is CCOC1CC(NCc2nc(C)cs2)C1OC. The maximum absolute atomic E-state index is 5.59. The summed E-state index contributed by atoms with van der Waals surface area (Å²) in [6.07, 6.45) is 1.45. The van der Waals surface area contributed by atoms with Gasteiger partial charge in [0.1, 0.15) is 5.01 Å². The van der Waals surface area contributed by atoms with Gasteiger partial charge in [-0.2, -0.15) is 0 Å². The van der Waals surface area contributed by atoms with Crippen LogP contribution in [0, 0.1) is 6.92 Å². The van der Waals surface area contributed by atoms with Crippen molar-refractivity contribution < 1.29 is 9.47 Å². The first-order valence-corrected chi connectivity index (χ1v) is 6.91. The summed E-state index contributed by atoms with van der Waals surface area (Å²) in [6.45, 7) is 5.61. The minimum absolute atomic E-state index is 0.177. The van der Waals surface area contributed by atoms with Gasteiger partial charge in [-0.25, -0.2) is 4.98 Å². The average Bonchev–Trinajstić information content (AvgIpc) is 2.69. The number of nitrogens with zero attached hydrogens (tertiary/aromatic N) is 1. The number of aromatic nitrogens is 1. The van der Waals surface area contributed by atoms with E-state index in [0.29, 0.717) is 6.04 Å². The minimum atomic E-state index is 0.177. The predicted octanol–water partition coefficient (Wildman–Crippen LogP) is 1.73. The predicted molar refractivity (Wildman–Crippen MR) is 68.3 cm³/mol. The molecule has 1 N–H and O–H groups in total. The van der Waals surface area contributed by atoms with Gasteiger partial charge in [-0.05, 0) is 20.3 Å². The lowest BCUT2D eigenvalue weighted by atomic mass is 9.85. The van der Waals surface area contributed by atoms with Crippen molar-refractivity contribution in [3.05, 3.63) is 16.1 Å². The summed E-state index contributed by atoms with van der Waals surface area (Å²) in [5.74, 6) is 0. The zero-order valence-corrected chi connectivity index (χ0v) is 11.4. The van der Waals surface area contributed by atoms with E-state index < -0.39 is 0 Å². The Morgan fingerprint density at radius 3 is 3.00 bits per heavy atom. The van der Waals surface area contributed by atoms with E-state index in [2.05, 4.69) is 15.7 Å². The van der Waals surface area contributed by atoms with Crippen LogP contribution in [0.3, 0.4) is 0 Å². The second kappa shape index (κ2) is 5.91. The molecule has 0 saturated heterocycles. The lowest BCUT2D eigenvalue weighted by molar-refractivity contribution is -0.131. The molecule has 1 aliphatic carbocycles. The second-order valence-electron chi connectivity index (χ2n) is 4.30. The molecule has 5 heteroatoms. The number of hydrogen-bond donors (Lipinski definition) is 1. The summed E-state index contributed by atoms with van der Waals surface area (Å²) in [5.41, 5.74) is 1.09. The Morgan fingerprint density at radius 1 is 1.59 bits per heavy atom. The Balaban J connectivity index is 1.77. The monoisotopic (exact) mass is 256 g/mol. The number of aryl methyl sites for hydroxylation is 1. The fourth-order valence-corrected chi connectivity index (χ4v) is 2.90. The topological polar surface area (TPSA) is 43.4 Å². The first kappa shape index (κ1) is 13.0. The fraction of sp³-hybridized carbons (Fsp3) is 0.750. The van der Waals surface area contributed by atoms with Crippen LogP contribution in [0.5, 0.6) is 0 Å². The number of thiazole rings is 1. The van der Waals surface area contributed by atoms with Crippen LogP contribution < -0.4 is 5.32 Å². The highest BCUT2D eigenvalue weighted by atomic mass is 32.1. The van der Waals surface area contributed by atoms with Crippen molar-refractivity contribution in [1.29, 1.82) is 0 Å². The van der Waals surface area contributed by atoms with Crippen LogP contribution in [-0.2, 0) is 16.0 Å².